The van der Waals surface area contributed by atoms with Gasteiger partial charge in [0.1, 0.15) is 22.8 Å². The van der Waals surface area contributed by atoms with Gasteiger partial charge >= 0.3 is 0 Å². The molecule has 0 radical (unpaired) electrons. The number of carbonyl (C=O) groups excluding carboxylic acids is 1. The molecule has 5 aromatic rings. The van der Waals surface area contributed by atoms with Gasteiger partial charge in [-0.05, 0) is 92.0 Å². The molecule has 2 saturated carbocycles. The minimum Gasteiger partial charge on any atom is -0.508 e. The normalized spacial score (nSPS) is 19.8. The highest BCUT2D eigenvalue weighted by atomic mass is 19.1. The highest BCUT2D eigenvalue weighted by Gasteiger charge is 2.40. The Bertz CT molecular complexity index is 1900. The summed E-state index contributed by atoms with van der Waals surface area (Å²) in [4.78, 5) is 20.7. The monoisotopic (exact) mass is 564 g/mol. The maximum atomic E-state index is 14.8. The summed E-state index contributed by atoms with van der Waals surface area (Å²) < 4.78 is 24.9. The van der Waals surface area contributed by atoms with Crippen molar-refractivity contribution in [1.82, 2.24) is 19.0 Å². The summed E-state index contributed by atoms with van der Waals surface area (Å²) in [5.41, 5.74) is 5.24. The number of carbonyl (C=O) groups is 1. The van der Waals surface area contributed by atoms with Gasteiger partial charge in [0, 0.05) is 48.2 Å². The van der Waals surface area contributed by atoms with E-state index in [0.717, 1.165) is 59.4 Å². The number of fused-ring (bicyclic) bond motifs is 4. The Morgan fingerprint density at radius 2 is 1.93 bits per heavy atom. The van der Waals surface area contributed by atoms with Crippen LogP contribution in [-0.2, 0) is 13.6 Å². The lowest BCUT2D eigenvalue weighted by Crippen LogP contribution is -2.37. The zero-order chi connectivity index (χ0) is 28.7. The Morgan fingerprint density at radius 1 is 1.07 bits per heavy atom. The molecule has 3 aromatic carbocycles. The molecule has 3 heterocycles. The van der Waals surface area contributed by atoms with E-state index in [1.807, 2.05) is 46.8 Å². The second-order valence-electron chi connectivity index (χ2n) is 12.4. The number of nitrogens with zero attached hydrogens (tertiary/aromatic N) is 4. The van der Waals surface area contributed by atoms with Gasteiger partial charge in [0.2, 0.25) is 0 Å². The third-order valence-corrected chi connectivity index (χ3v) is 9.60. The summed E-state index contributed by atoms with van der Waals surface area (Å²) in [5, 5.41) is 11.1. The van der Waals surface area contributed by atoms with Gasteiger partial charge in [-0.15, -0.1) is 0 Å². The number of piperidine rings is 1. The van der Waals surface area contributed by atoms with Crippen molar-refractivity contribution < 1.29 is 19.0 Å². The summed E-state index contributed by atoms with van der Waals surface area (Å²) in [6.07, 6.45) is 5.79. The second kappa shape index (κ2) is 9.34. The average molecular weight is 565 g/mol. The van der Waals surface area contributed by atoms with Crippen LogP contribution in [0.25, 0.3) is 44.6 Å². The number of amides is 1. The molecular formula is C34H33FN4O3. The van der Waals surface area contributed by atoms with E-state index in [4.69, 9.17) is 9.72 Å². The van der Waals surface area contributed by atoms with Gasteiger partial charge in [-0.2, -0.15) is 0 Å². The molecule has 1 N–H and O–H groups in total. The van der Waals surface area contributed by atoms with Crippen LogP contribution in [-0.4, -0.2) is 49.7 Å². The van der Waals surface area contributed by atoms with Crippen molar-refractivity contribution >= 4 is 27.8 Å². The molecule has 1 saturated heterocycles. The van der Waals surface area contributed by atoms with Crippen molar-refractivity contribution in [3.63, 3.8) is 0 Å². The van der Waals surface area contributed by atoms with E-state index in [9.17, 15) is 14.3 Å². The van der Waals surface area contributed by atoms with E-state index in [-0.39, 0.29) is 17.5 Å². The molecule has 2 aromatic heterocycles. The summed E-state index contributed by atoms with van der Waals surface area (Å²) in [7, 11) is 3.63. The number of aromatic nitrogens is 3. The molecule has 3 aliphatic rings. The van der Waals surface area contributed by atoms with E-state index >= 15 is 0 Å². The smallest absolute Gasteiger partial charge is 0.254 e. The molecular weight excluding hydrogens is 531 g/mol. The predicted octanol–water partition coefficient (Wildman–Crippen LogP) is 6.75. The quantitative estimate of drug-likeness (QED) is 0.248. The Labute approximate surface area is 243 Å². The molecule has 7 nitrogen and oxygen atoms in total. The minimum atomic E-state index is -0.373. The molecule has 0 spiro atoms. The Balaban J connectivity index is 1.26. The second-order valence-corrected chi connectivity index (χ2v) is 12.4. The van der Waals surface area contributed by atoms with Crippen molar-refractivity contribution in [3.8, 4) is 34.1 Å². The van der Waals surface area contributed by atoms with Gasteiger partial charge < -0.3 is 23.9 Å². The van der Waals surface area contributed by atoms with Crippen molar-refractivity contribution in [1.29, 1.82) is 0 Å². The van der Waals surface area contributed by atoms with Crippen molar-refractivity contribution in [2.75, 3.05) is 13.7 Å². The van der Waals surface area contributed by atoms with E-state index in [1.165, 1.54) is 37.5 Å². The molecule has 2 aliphatic carbocycles. The minimum absolute atomic E-state index is 0.0317. The maximum absolute atomic E-state index is 14.8. The molecule has 2 bridgehead atoms. The highest BCUT2D eigenvalue weighted by Crippen LogP contribution is 2.41. The fourth-order valence-electron chi connectivity index (χ4n) is 7.25. The summed E-state index contributed by atoms with van der Waals surface area (Å²) in [5.74, 6) is 2.35. The van der Waals surface area contributed by atoms with Gasteiger partial charge in [0.15, 0.2) is 5.82 Å². The average Bonchev–Trinajstić information content (AvgIpc) is 3.29. The van der Waals surface area contributed by atoms with Crippen LogP contribution in [0.3, 0.4) is 0 Å². The van der Waals surface area contributed by atoms with Crippen LogP contribution in [0.2, 0.25) is 0 Å². The fourth-order valence-corrected chi connectivity index (χ4v) is 7.25. The number of methoxy groups -OCH3 is 1. The highest BCUT2D eigenvalue weighted by molar-refractivity contribution is 6.00. The molecule has 214 valence electrons. The van der Waals surface area contributed by atoms with E-state index < -0.39 is 0 Å². The first-order valence-electron chi connectivity index (χ1n) is 14.9. The van der Waals surface area contributed by atoms with Crippen molar-refractivity contribution in [2.45, 2.75) is 44.7 Å². The van der Waals surface area contributed by atoms with Crippen LogP contribution < -0.4 is 4.74 Å². The number of imidazole rings is 1. The number of hydrogen-bond acceptors (Lipinski definition) is 4. The van der Waals surface area contributed by atoms with E-state index in [0.29, 0.717) is 40.3 Å². The number of ether oxygens (including phenoxy) is 1. The Kier molecular flexibility index (Phi) is 5.65. The van der Waals surface area contributed by atoms with E-state index in [2.05, 4.69) is 10.6 Å². The Hall–Kier alpha value is -4.33. The first-order chi connectivity index (χ1) is 20.4. The van der Waals surface area contributed by atoms with Gasteiger partial charge in [-0.3, -0.25) is 4.79 Å². The number of benzene rings is 3. The van der Waals surface area contributed by atoms with Crippen LogP contribution in [0.15, 0.2) is 54.6 Å². The van der Waals surface area contributed by atoms with Crippen LogP contribution in [0.4, 0.5) is 4.39 Å². The largest absolute Gasteiger partial charge is 0.508 e. The number of likely N-dealkylation sites (tertiary alicyclic amines) is 1. The van der Waals surface area contributed by atoms with Crippen LogP contribution >= 0.6 is 0 Å². The molecule has 1 amide bonds. The number of rotatable bonds is 6. The number of hydrogen-bond donors (Lipinski definition) is 1. The van der Waals surface area contributed by atoms with Crippen LogP contribution in [0, 0.1) is 17.7 Å². The van der Waals surface area contributed by atoms with Gasteiger partial charge in [0.05, 0.1) is 18.3 Å². The lowest BCUT2D eigenvalue weighted by Gasteiger charge is -2.27. The number of aryl methyl sites for hydroxylation is 1. The van der Waals surface area contributed by atoms with E-state index in [1.54, 1.807) is 7.11 Å². The summed E-state index contributed by atoms with van der Waals surface area (Å²) in [6.45, 7) is 1.68. The zero-order valence-corrected chi connectivity index (χ0v) is 23.8. The molecule has 3 fully saturated rings. The van der Waals surface area contributed by atoms with Gasteiger partial charge in [0.25, 0.3) is 5.91 Å². The topological polar surface area (TPSA) is 72.5 Å². The number of aromatic hydroxyl groups is 1. The number of phenols is 1. The lowest BCUT2D eigenvalue weighted by molar-refractivity contribution is 0.0703. The summed E-state index contributed by atoms with van der Waals surface area (Å²) >= 11 is 0. The zero-order valence-electron chi connectivity index (χ0n) is 23.8. The Morgan fingerprint density at radius 3 is 2.67 bits per heavy atom. The molecule has 2 unspecified atom stereocenters. The predicted molar refractivity (Wildman–Crippen MR) is 160 cm³/mol. The maximum Gasteiger partial charge on any atom is 0.254 e. The molecule has 42 heavy (non-hydrogen) atoms. The third-order valence-electron chi connectivity index (χ3n) is 9.60. The SMILES string of the molecule is COc1cc(C(=O)N2CC3CCC2C3)cc2nc(-c3cc4ccc(-c5cc(O)ccc5F)cc4n3CC3CC3)n(C)c12. The first kappa shape index (κ1) is 25.4. The fraction of sp³-hybridized carbons (Fsp3) is 0.353. The summed E-state index contributed by atoms with van der Waals surface area (Å²) in [6, 6.07) is 16.3. The molecule has 8 heteroatoms. The van der Waals surface area contributed by atoms with Gasteiger partial charge in [-0.25, -0.2) is 9.37 Å². The lowest BCUT2D eigenvalue weighted by atomic mass is 10.0. The first-order valence-corrected chi connectivity index (χ1v) is 14.9. The molecule has 2 atom stereocenters. The third kappa shape index (κ3) is 3.99. The van der Waals surface area contributed by atoms with Crippen molar-refractivity contribution in [3.05, 3.63) is 66.0 Å². The van der Waals surface area contributed by atoms with Gasteiger partial charge in [-0.1, -0.05) is 12.1 Å². The molecule has 8 rings (SSSR count). The van der Waals surface area contributed by atoms with Crippen LogP contribution in [0.1, 0.15) is 42.5 Å². The standard InChI is InChI=1S/C34H33FN4O3/c1-37-32-28(12-23(15-31(32)42-2)34(41)38-18-20-5-8-24(38)11-20)36-33(37)30-14-22-7-6-21(26-16-25(40)9-10-27(26)35)13-29(22)39(30)17-19-3-4-19/h6-7,9-10,12-16,19-20,24,40H,3-5,8,11,17-18H2,1-2H3. The van der Waals surface area contributed by atoms with Crippen LogP contribution in [0.5, 0.6) is 11.5 Å². The van der Waals surface area contributed by atoms with Crippen molar-refractivity contribution in [2.24, 2.45) is 18.9 Å². The molecule has 1 aliphatic heterocycles. The number of phenolic OH excluding ortho intramolecular Hbond substituents is 1. The number of halogens is 1.